The summed E-state index contributed by atoms with van der Waals surface area (Å²) in [6.45, 7) is 4.10. The van der Waals surface area contributed by atoms with Crippen molar-refractivity contribution in [2.45, 2.75) is 37.6 Å². The van der Waals surface area contributed by atoms with E-state index in [0.29, 0.717) is 5.52 Å². The van der Waals surface area contributed by atoms with E-state index in [1.807, 2.05) is 6.92 Å². The van der Waals surface area contributed by atoms with Crippen molar-refractivity contribution in [1.29, 1.82) is 0 Å². The van der Waals surface area contributed by atoms with Gasteiger partial charge < -0.3 is 4.57 Å². The van der Waals surface area contributed by atoms with Gasteiger partial charge in [0.15, 0.2) is 0 Å². The van der Waals surface area contributed by atoms with E-state index in [2.05, 4.69) is 16.5 Å². The highest BCUT2D eigenvalue weighted by Gasteiger charge is 2.42. The van der Waals surface area contributed by atoms with Crippen molar-refractivity contribution < 1.29 is 4.39 Å². The number of aromatic nitrogens is 2. The van der Waals surface area contributed by atoms with Crippen molar-refractivity contribution >= 4 is 22.6 Å². The Balaban J connectivity index is 2.32. The van der Waals surface area contributed by atoms with Gasteiger partial charge in [0, 0.05) is 11.6 Å². The molecule has 3 rings (SSSR count). The van der Waals surface area contributed by atoms with Crippen LogP contribution in [-0.4, -0.2) is 9.55 Å². The lowest BCUT2D eigenvalue weighted by molar-refractivity contribution is 0.522. The van der Waals surface area contributed by atoms with Gasteiger partial charge in [0.1, 0.15) is 11.6 Å². The number of hydrogen-bond donors (Lipinski definition) is 0. The summed E-state index contributed by atoms with van der Waals surface area (Å²) >= 11 is 6.18. The van der Waals surface area contributed by atoms with Gasteiger partial charge in [-0.25, -0.2) is 9.37 Å². The zero-order chi connectivity index (χ0) is 12.2. The topological polar surface area (TPSA) is 17.8 Å². The van der Waals surface area contributed by atoms with Gasteiger partial charge in [-0.2, -0.15) is 0 Å². The third kappa shape index (κ3) is 1.64. The van der Waals surface area contributed by atoms with E-state index < -0.39 is 0 Å². The van der Waals surface area contributed by atoms with Gasteiger partial charge in [0.05, 0.1) is 16.4 Å². The van der Waals surface area contributed by atoms with Crippen molar-refractivity contribution in [2.24, 2.45) is 0 Å². The lowest BCUT2D eigenvalue weighted by Crippen LogP contribution is -2.16. The molecule has 1 aliphatic carbocycles. The van der Waals surface area contributed by atoms with Crippen LogP contribution in [0.1, 0.15) is 37.9 Å². The normalized spacial score (nSPS) is 19.5. The smallest absolute Gasteiger partial charge is 0.128 e. The second kappa shape index (κ2) is 3.45. The fourth-order valence-electron chi connectivity index (χ4n) is 2.31. The molecule has 0 bridgehead atoms. The number of fused-ring (bicyclic) bond motifs is 1. The minimum Gasteiger partial charge on any atom is -0.321 e. The van der Waals surface area contributed by atoms with Crippen LogP contribution in [0.25, 0.3) is 11.0 Å². The molecule has 1 unspecified atom stereocenters. The van der Waals surface area contributed by atoms with Crippen LogP contribution in [0.4, 0.5) is 4.39 Å². The molecule has 0 spiro atoms. The predicted molar refractivity (Wildman–Crippen MR) is 66.8 cm³/mol. The Hall–Kier alpha value is -1.09. The molecule has 1 heterocycles. The Labute approximate surface area is 104 Å². The van der Waals surface area contributed by atoms with E-state index in [1.165, 1.54) is 12.1 Å². The number of rotatable bonds is 2. The van der Waals surface area contributed by atoms with Crippen LogP contribution in [0.3, 0.4) is 0 Å². The first kappa shape index (κ1) is 11.0. The Bertz CT molecular complexity index is 584. The number of halogens is 2. The average molecular weight is 253 g/mol. The number of nitrogens with zero attached hydrogens (tertiary/aromatic N) is 2. The minimum atomic E-state index is -0.253. The predicted octanol–water partition coefficient (Wildman–Crippen LogP) is 3.98. The Morgan fingerprint density at radius 3 is 2.76 bits per heavy atom. The van der Waals surface area contributed by atoms with Crippen molar-refractivity contribution in [3.05, 3.63) is 29.8 Å². The molecule has 1 aliphatic rings. The van der Waals surface area contributed by atoms with Crippen LogP contribution in [0.5, 0.6) is 0 Å². The Kier molecular flexibility index (Phi) is 2.24. The molecule has 1 saturated carbocycles. The molecule has 0 aliphatic heterocycles. The first-order valence-electron chi connectivity index (χ1n) is 5.84. The number of benzene rings is 1. The molecule has 4 heteroatoms. The highest BCUT2D eigenvalue weighted by Crippen LogP contribution is 2.46. The summed E-state index contributed by atoms with van der Waals surface area (Å²) in [5.41, 5.74) is 1.79. The van der Waals surface area contributed by atoms with Gasteiger partial charge in [0.2, 0.25) is 0 Å². The second-order valence-corrected chi connectivity index (χ2v) is 5.71. The maximum absolute atomic E-state index is 13.2. The maximum atomic E-state index is 13.2. The highest BCUT2D eigenvalue weighted by molar-refractivity contribution is 6.20. The largest absolute Gasteiger partial charge is 0.321 e. The van der Waals surface area contributed by atoms with Crippen molar-refractivity contribution in [1.82, 2.24) is 9.55 Å². The van der Waals surface area contributed by atoms with E-state index in [9.17, 15) is 4.39 Å². The molecule has 0 saturated heterocycles. The summed E-state index contributed by atoms with van der Waals surface area (Å²) in [5, 5.41) is -0.164. The van der Waals surface area contributed by atoms with Crippen LogP contribution < -0.4 is 0 Å². The van der Waals surface area contributed by atoms with E-state index in [-0.39, 0.29) is 16.7 Å². The summed E-state index contributed by atoms with van der Waals surface area (Å²) < 4.78 is 15.4. The molecule has 17 heavy (non-hydrogen) atoms. The monoisotopic (exact) mass is 252 g/mol. The van der Waals surface area contributed by atoms with Gasteiger partial charge in [-0.15, -0.1) is 11.6 Å². The molecular weight excluding hydrogens is 239 g/mol. The molecule has 0 amide bonds. The molecular formula is C13H14ClFN2. The zero-order valence-electron chi connectivity index (χ0n) is 9.87. The van der Waals surface area contributed by atoms with Gasteiger partial charge in [0.25, 0.3) is 0 Å². The van der Waals surface area contributed by atoms with Gasteiger partial charge in [-0.05, 0) is 38.8 Å². The van der Waals surface area contributed by atoms with Crippen LogP contribution in [-0.2, 0) is 5.54 Å². The first-order chi connectivity index (χ1) is 8.01. The number of alkyl halides is 1. The quantitative estimate of drug-likeness (QED) is 0.739. The molecule has 2 aromatic rings. The molecule has 1 atom stereocenters. The molecule has 1 aromatic heterocycles. The fraction of sp³-hybridized carbons (Fsp3) is 0.462. The van der Waals surface area contributed by atoms with Crippen LogP contribution in [0.15, 0.2) is 18.2 Å². The zero-order valence-corrected chi connectivity index (χ0v) is 10.6. The summed E-state index contributed by atoms with van der Waals surface area (Å²) in [5.74, 6) is 0.587. The summed E-state index contributed by atoms with van der Waals surface area (Å²) in [6.07, 6.45) is 2.26. The SMILES string of the molecule is CC(Cl)c1nc2cc(F)ccc2n1C1(C)CC1. The van der Waals surface area contributed by atoms with Crippen molar-refractivity contribution in [3.8, 4) is 0 Å². The molecule has 0 N–H and O–H groups in total. The number of imidazole rings is 1. The molecule has 90 valence electrons. The van der Waals surface area contributed by atoms with Crippen LogP contribution in [0.2, 0.25) is 0 Å². The van der Waals surface area contributed by atoms with Gasteiger partial charge in [-0.3, -0.25) is 0 Å². The van der Waals surface area contributed by atoms with Crippen molar-refractivity contribution in [2.75, 3.05) is 0 Å². The van der Waals surface area contributed by atoms with Gasteiger partial charge in [-0.1, -0.05) is 0 Å². The van der Waals surface area contributed by atoms with Crippen molar-refractivity contribution in [3.63, 3.8) is 0 Å². The van der Waals surface area contributed by atoms with Gasteiger partial charge >= 0.3 is 0 Å². The minimum absolute atomic E-state index is 0.116. The lowest BCUT2D eigenvalue weighted by Gasteiger charge is -2.17. The summed E-state index contributed by atoms with van der Waals surface area (Å²) in [4.78, 5) is 4.47. The standard InChI is InChI=1S/C13H14ClFN2/c1-8(14)12-16-10-7-9(15)3-4-11(10)17(12)13(2)5-6-13/h3-4,7-8H,5-6H2,1-2H3. The maximum Gasteiger partial charge on any atom is 0.128 e. The van der Waals surface area contributed by atoms with E-state index in [1.54, 1.807) is 6.07 Å². The number of hydrogen-bond acceptors (Lipinski definition) is 1. The Morgan fingerprint density at radius 2 is 2.18 bits per heavy atom. The van der Waals surface area contributed by atoms with E-state index >= 15 is 0 Å². The third-order valence-electron chi connectivity index (χ3n) is 3.51. The molecule has 0 radical (unpaired) electrons. The average Bonchev–Trinajstić information content (AvgIpc) is 2.88. The first-order valence-corrected chi connectivity index (χ1v) is 6.27. The van der Waals surface area contributed by atoms with E-state index in [0.717, 1.165) is 24.2 Å². The molecule has 1 fully saturated rings. The lowest BCUT2D eigenvalue weighted by atomic mass is 10.2. The van der Waals surface area contributed by atoms with E-state index in [4.69, 9.17) is 11.6 Å². The summed E-state index contributed by atoms with van der Waals surface area (Å²) in [7, 11) is 0. The summed E-state index contributed by atoms with van der Waals surface area (Å²) in [6, 6.07) is 4.75. The molecule has 1 aromatic carbocycles. The fourth-order valence-corrected chi connectivity index (χ4v) is 2.46. The van der Waals surface area contributed by atoms with Crippen LogP contribution in [0, 0.1) is 5.82 Å². The highest BCUT2D eigenvalue weighted by atomic mass is 35.5. The second-order valence-electron chi connectivity index (χ2n) is 5.05. The van der Waals surface area contributed by atoms with Crippen LogP contribution >= 0.6 is 11.6 Å². The Morgan fingerprint density at radius 1 is 1.47 bits per heavy atom. The molecule has 2 nitrogen and oxygen atoms in total. The third-order valence-corrected chi connectivity index (χ3v) is 3.71.